The van der Waals surface area contributed by atoms with Gasteiger partial charge in [0.1, 0.15) is 23.7 Å². The molecule has 1 heterocycles. The first-order valence-electron chi connectivity index (χ1n) is 12.8. The minimum absolute atomic E-state index is 0.653. The number of hydrogen-bond acceptors (Lipinski definition) is 5. The van der Waals surface area contributed by atoms with Gasteiger partial charge in [0.2, 0.25) is 0 Å². The van der Waals surface area contributed by atoms with E-state index in [1.54, 1.807) is 6.33 Å². The van der Waals surface area contributed by atoms with Gasteiger partial charge in [0, 0.05) is 17.6 Å². The van der Waals surface area contributed by atoms with E-state index in [1.165, 1.54) is 11.1 Å². The highest BCUT2D eigenvalue weighted by Crippen LogP contribution is 2.22. The molecule has 0 N–H and O–H groups in total. The van der Waals surface area contributed by atoms with E-state index in [0.29, 0.717) is 18.7 Å². The maximum atomic E-state index is 9.09. The van der Waals surface area contributed by atoms with Gasteiger partial charge in [-0.15, -0.1) is 10.2 Å². The van der Waals surface area contributed by atoms with Crippen LogP contribution < -0.4 is 4.74 Å². The number of ether oxygens (including phenoxy) is 1. The molecule has 0 spiro atoms. The second-order valence-electron chi connectivity index (χ2n) is 9.33. The van der Waals surface area contributed by atoms with Gasteiger partial charge in [0.05, 0.1) is 24.7 Å². The molecule has 5 rings (SSSR count). The van der Waals surface area contributed by atoms with Crippen LogP contribution in [0.1, 0.15) is 28.1 Å². The standard InChI is InChI=1S/C32H28BrN5O/c33-29-14-10-25(11-15-29)18-19-37(21-27-12-16-31(17-13-27)39-30-4-2-1-3-5-30)23-32-36-35-24-38(32)22-28-8-6-26(20-34)7-9-28/h1-17,24H,18-19,21-23H2. The summed E-state index contributed by atoms with van der Waals surface area (Å²) in [6.45, 7) is 2.95. The smallest absolute Gasteiger partial charge is 0.147 e. The SMILES string of the molecule is N#Cc1ccc(Cn2cnnc2CN(CCc2ccc(Br)cc2)Cc2ccc(Oc3ccccc3)cc2)cc1. The molecule has 0 saturated heterocycles. The zero-order valence-electron chi connectivity index (χ0n) is 21.5. The van der Waals surface area contributed by atoms with Crippen molar-refractivity contribution < 1.29 is 4.74 Å². The second-order valence-corrected chi connectivity index (χ2v) is 10.2. The molecule has 0 saturated carbocycles. The van der Waals surface area contributed by atoms with Crippen LogP contribution in [0.5, 0.6) is 11.5 Å². The van der Waals surface area contributed by atoms with Crippen LogP contribution in [0.15, 0.2) is 114 Å². The highest BCUT2D eigenvalue weighted by atomic mass is 79.9. The van der Waals surface area contributed by atoms with Crippen LogP contribution in [0.25, 0.3) is 0 Å². The lowest BCUT2D eigenvalue weighted by Crippen LogP contribution is -2.27. The van der Waals surface area contributed by atoms with E-state index in [4.69, 9.17) is 10.00 Å². The molecular weight excluding hydrogens is 550 g/mol. The van der Waals surface area contributed by atoms with E-state index in [-0.39, 0.29) is 0 Å². The van der Waals surface area contributed by atoms with Gasteiger partial charge >= 0.3 is 0 Å². The van der Waals surface area contributed by atoms with Crippen LogP contribution in [0, 0.1) is 11.3 Å². The number of nitrogens with zero attached hydrogens (tertiary/aromatic N) is 5. The maximum absolute atomic E-state index is 9.09. The van der Waals surface area contributed by atoms with Crippen molar-refractivity contribution in [1.29, 1.82) is 5.26 Å². The van der Waals surface area contributed by atoms with Crippen molar-refractivity contribution in [2.45, 2.75) is 26.1 Å². The Morgan fingerprint density at radius 1 is 0.769 bits per heavy atom. The molecule has 1 aromatic heterocycles. The Morgan fingerprint density at radius 3 is 2.15 bits per heavy atom. The molecule has 0 aliphatic rings. The predicted octanol–water partition coefficient (Wildman–Crippen LogP) is 7.00. The van der Waals surface area contributed by atoms with Crippen molar-refractivity contribution in [3.8, 4) is 17.6 Å². The van der Waals surface area contributed by atoms with E-state index in [1.807, 2.05) is 66.7 Å². The maximum Gasteiger partial charge on any atom is 0.147 e. The van der Waals surface area contributed by atoms with Crippen molar-refractivity contribution >= 4 is 15.9 Å². The molecule has 0 fully saturated rings. The second kappa shape index (κ2) is 13.0. The van der Waals surface area contributed by atoms with Crippen LogP contribution in [0.4, 0.5) is 0 Å². The molecule has 0 amide bonds. The molecule has 0 unspecified atom stereocenters. The zero-order chi connectivity index (χ0) is 26.9. The van der Waals surface area contributed by atoms with Gasteiger partial charge in [-0.05, 0) is 71.6 Å². The molecular formula is C32H28BrN5O. The number of benzene rings is 4. The average Bonchev–Trinajstić information content (AvgIpc) is 3.40. The van der Waals surface area contributed by atoms with Crippen LogP contribution >= 0.6 is 15.9 Å². The lowest BCUT2D eigenvalue weighted by molar-refractivity contribution is 0.250. The van der Waals surface area contributed by atoms with Crippen LogP contribution in [0.3, 0.4) is 0 Å². The minimum atomic E-state index is 0.653. The van der Waals surface area contributed by atoms with Gasteiger partial charge in [-0.2, -0.15) is 5.26 Å². The molecule has 0 aliphatic heterocycles. The lowest BCUT2D eigenvalue weighted by atomic mass is 10.1. The predicted molar refractivity (Wildman–Crippen MR) is 155 cm³/mol. The summed E-state index contributed by atoms with van der Waals surface area (Å²) in [6, 6.07) is 36.4. The molecule has 0 aliphatic carbocycles. The Kier molecular flexibility index (Phi) is 8.79. The summed E-state index contributed by atoms with van der Waals surface area (Å²) >= 11 is 3.52. The fourth-order valence-electron chi connectivity index (χ4n) is 4.31. The van der Waals surface area contributed by atoms with E-state index in [0.717, 1.165) is 46.9 Å². The summed E-state index contributed by atoms with van der Waals surface area (Å²) in [7, 11) is 0. The van der Waals surface area contributed by atoms with Crippen LogP contribution in [-0.2, 0) is 26.1 Å². The number of rotatable bonds is 11. The Labute approximate surface area is 237 Å². The van der Waals surface area contributed by atoms with E-state index >= 15 is 0 Å². The van der Waals surface area contributed by atoms with Gasteiger partial charge in [-0.25, -0.2) is 0 Å². The van der Waals surface area contributed by atoms with Crippen molar-refractivity contribution in [3.63, 3.8) is 0 Å². The Morgan fingerprint density at radius 2 is 1.44 bits per heavy atom. The molecule has 0 radical (unpaired) electrons. The van der Waals surface area contributed by atoms with Gasteiger partial charge < -0.3 is 9.30 Å². The lowest BCUT2D eigenvalue weighted by Gasteiger charge is -2.23. The van der Waals surface area contributed by atoms with E-state index in [9.17, 15) is 0 Å². The van der Waals surface area contributed by atoms with E-state index < -0.39 is 0 Å². The summed E-state index contributed by atoms with van der Waals surface area (Å²) in [5.41, 5.74) is 4.24. The Hall–Kier alpha value is -4.25. The molecule has 0 atom stereocenters. The summed E-state index contributed by atoms with van der Waals surface area (Å²) in [5.74, 6) is 2.54. The van der Waals surface area contributed by atoms with Crippen LogP contribution in [0.2, 0.25) is 0 Å². The number of hydrogen-bond donors (Lipinski definition) is 0. The van der Waals surface area contributed by atoms with Crippen molar-refractivity contribution in [3.05, 3.63) is 142 Å². The molecule has 0 bridgehead atoms. The fourth-order valence-corrected chi connectivity index (χ4v) is 4.58. The number of halogens is 1. The third-order valence-corrected chi connectivity index (χ3v) is 6.96. The van der Waals surface area contributed by atoms with Gasteiger partial charge in [0.15, 0.2) is 0 Å². The normalized spacial score (nSPS) is 10.9. The highest BCUT2D eigenvalue weighted by molar-refractivity contribution is 9.10. The highest BCUT2D eigenvalue weighted by Gasteiger charge is 2.13. The number of nitriles is 1. The molecule has 5 aromatic rings. The molecule has 194 valence electrons. The van der Waals surface area contributed by atoms with Crippen molar-refractivity contribution in [2.75, 3.05) is 6.54 Å². The average molecular weight is 579 g/mol. The minimum Gasteiger partial charge on any atom is -0.457 e. The van der Waals surface area contributed by atoms with Crippen molar-refractivity contribution in [1.82, 2.24) is 19.7 Å². The molecule has 4 aromatic carbocycles. The van der Waals surface area contributed by atoms with E-state index in [2.05, 4.69) is 78.1 Å². The topological polar surface area (TPSA) is 67.0 Å². The van der Waals surface area contributed by atoms with Crippen LogP contribution in [-0.4, -0.2) is 26.2 Å². The Bertz CT molecular complexity index is 1510. The summed E-state index contributed by atoms with van der Waals surface area (Å²) < 4.78 is 9.12. The van der Waals surface area contributed by atoms with Crippen molar-refractivity contribution in [2.24, 2.45) is 0 Å². The largest absolute Gasteiger partial charge is 0.457 e. The number of para-hydroxylation sites is 1. The number of aromatic nitrogens is 3. The fraction of sp³-hybridized carbons (Fsp3) is 0.156. The third kappa shape index (κ3) is 7.64. The summed E-state index contributed by atoms with van der Waals surface area (Å²) in [5, 5.41) is 17.7. The quantitative estimate of drug-likeness (QED) is 0.169. The molecule has 6 nitrogen and oxygen atoms in total. The van der Waals surface area contributed by atoms with Gasteiger partial charge in [-0.1, -0.05) is 70.5 Å². The Balaban J connectivity index is 1.29. The monoisotopic (exact) mass is 577 g/mol. The summed E-state index contributed by atoms with van der Waals surface area (Å²) in [4.78, 5) is 2.40. The van der Waals surface area contributed by atoms with Gasteiger partial charge in [0.25, 0.3) is 0 Å². The first-order valence-corrected chi connectivity index (χ1v) is 13.6. The molecule has 7 heteroatoms. The summed E-state index contributed by atoms with van der Waals surface area (Å²) in [6.07, 6.45) is 2.70. The van der Waals surface area contributed by atoms with Gasteiger partial charge in [-0.3, -0.25) is 4.90 Å². The first kappa shape index (κ1) is 26.4. The zero-order valence-corrected chi connectivity index (χ0v) is 23.0. The third-order valence-electron chi connectivity index (χ3n) is 6.44. The molecule has 39 heavy (non-hydrogen) atoms. The first-order chi connectivity index (χ1) is 19.1.